The minimum Gasteiger partial charge on any atom is -0.488 e. The molecule has 0 heterocycles. The van der Waals surface area contributed by atoms with Crippen LogP contribution in [0.1, 0.15) is 16.7 Å². The van der Waals surface area contributed by atoms with Crippen LogP contribution in [-0.4, -0.2) is 5.11 Å². The fourth-order valence-corrected chi connectivity index (χ4v) is 2.08. The number of hydrogen-bond acceptors (Lipinski definition) is 2. The van der Waals surface area contributed by atoms with Crippen LogP contribution in [0.25, 0.3) is 0 Å². The summed E-state index contributed by atoms with van der Waals surface area (Å²) in [4.78, 5) is 0. The van der Waals surface area contributed by atoms with Gasteiger partial charge in [0, 0.05) is 11.1 Å². The van der Waals surface area contributed by atoms with E-state index in [1.807, 2.05) is 19.1 Å². The Kier molecular flexibility index (Phi) is 4.40. The van der Waals surface area contributed by atoms with Gasteiger partial charge in [-0.2, -0.15) is 0 Å². The number of aliphatic hydroxyl groups is 1. The second kappa shape index (κ2) is 6.04. The predicted octanol–water partition coefficient (Wildman–Crippen LogP) is 3.86. The Bertz CT molecular complexity index is 564. The molecule has 19 heavy (non-hydrogen) atoms. The SMILES string of the molecule is Cc1cccc(CO)c1OCc1c(F)cccc1Cl. The van der Waals surface area contributed by atoms with Crippen molar-refractivity contribution >= 4 is 11.6 Å². The highest BCUT2D eigenvalue weighted by Crippen LogP contribution is 2.26. The molecule has 2 rings (SSSR count). The summed E-state index contributed by atoms with van der Waals surface area (Å²) in [6.07, 6.45) is 0. The molecule has 0 spiro atoms. The van der Waals surface area contributed by atoms with Crippen molar-refractivity contribution < 1.29 is 14.2 Å². The van der Waals surface area contributed by atoms with E-state index in [2.05, 4.69) is 0 Å². The first-order valence-electron chi connectivity index (χ1n) is 5.88. The molecule has 0 saturated carbocycles. The Hall–Kier alpha value is -1.58. The van der Waals surface area contributed by atoms with Gasteiger partial charge in [0.15, 0.2) is 0 Å². The van der Waals surface area contributed by atoms with Crippen molar-refractivity contribution in [2.75, 3.05) is 0 Å². The average Bonchev–Trinajstić information content (AvgIpc) is 2.39. The van der Waals surface area contributed by atoms with Crippen LogP contribution in [-0.2, 0) is 13.2 Å². The maximum absolute atomic E-state index is 13.6. The first-order chi connectivity index (χ1) is 9.13. The lowest BCUT2D eigenvalue weighted by Gasteiger charge is -2.14. The Morgan fingerprint density at radius 2 is 1.95 bits per heavy atom. The highest BCUT2D eigenvalue weighted by atomic mass is 35.5. The zero-order valence-corrected chi connectivity index (χ0v) is 11.2. The van der Waals surface area contributed by atoms with Crippen LogP contribution in [0.2, 0.25) is 5.02 Å². The van der Waals surface area contributed by atoms with Crippen LogP contribution in [0.3, 0.4) is 0 Å². The Morgan fingerprint density at radius 1 is 1.21 bits per heavy atom. The summed E-state index contributed by atoms with van der Waals surface area (Å²) >= 11 is 5.94. The molecule has 2 aromatic carbocycles. The van der Waals surface area contributed by atoms with E-state index in [-0.39, 0.29) is 13.2 Å². The third-order valence-electron chi connectivity index (χ3n) is 2.89. The fourth-order valence-electron chi connectivity index (χ4n) is 1.86. The molecular formula is C15H14ClFO2. The van der Waals surface area contributed by atoms with E-state index in [0.29, 0.717) is 21.9 Å². The summed E-state index contributed by atoms with van der Waals surface area (Å²) in [7, 11) is 0. The Labute approximate surface area is 116 Å². The second-order valence-corrected chi connectivity index (χ2v) is 4.62. The third-order valence-corrected chi connectivity index (χ3v) is 3.24. The van der Waals surface area contributed by atoms with Gasteiger partial charge in [-0.05, 0) is 24.6 Å². The number of rotatable bonds is 4. The molecule has 0 bridgehead atoms. The van der Waals surface area contributed by atoms with E-state index in [1.54, 1.807) is 18.2 Å². The standard InChI is InChI=1S/C15H14ClFO2/c1-10-4-2-5-11(8-18)15(10)19-9-12-13(16)6-3-7-14(12)17/h2-7,18H,8-9H2,1H3. The Balaban J connectivity index is 2.24. The normalized spacial score (nSPS) is 10.5. The maximum atomic E-state index is 13.6. The monoisotopic (exact) mass is 280 g/mol. The molecule has 0 aliphatic rings. The van der Waals surface area contributed by atoms with Crippen LogP contribution in [0.15, 0.2) is 36.4 Å². The number of aliphatic hydroxyl groups excluding tert-OH is 1. The summed E-state index contributed by atoms with van der Waals surface area (Å²) in [5.74, 6) is 0.177. The van der Waals surface area contributed by atoms with E-state index >= 15 is 0 Å². The van der Waals surface area contributed by atoms with Gasteiger partial charge in [0.1, 0.15) is 18.2 Å². The van der Waals surface area contributed by atoms with Gasteiger partial charge in [0.25, 0.3) is 0 Å². The predicted molar refractivity (Wildman–Crippen MR) is 72.8 cm³/mol. The molecule has 0 unspecified atom stereocenters. The van der Waals surface area contributed by atoms with Crippen molar-refractivity contribution in [2.24, 2.45) is 0 Å². The molecule has 0 aliphatic carbocycles. The molecule has 0 aliphatic heterocycles. The van der Waals surface area contributed by atoms with Crippen molar-refractivity contribution in [3.8, 4) is 5.75 Å². The fraction of sp³-hybridized carbons (Fsp3) is 0.200. The van der Waals surface area contributed by atoms with Crippen molar-refractivity contribution in [1.29, 1.82) is 0 Å². The van der Waals surface area contributed by atoms with Crippen LogP contribution >= 0.6 is 11.6 Å². The smallest absolute Gasteiger partial charge is 0.131 e. The number of benzene rings is 2. The van der Waals surface area contributed by atoms with Crippen molar-refractivity contribution in [3.63, 3.8) is 0 Å². The second-order valence-electron chi connectivity index (χ2n) is 4.21. The molecule has 0 saturated heterocycles. The summed E-state index contributed by atoms with van der Waals surface area (Å²) < 4.78 is 19.2. The van der Waals surface area contributed by atoms with E-state index in [1.165, 1.54) is 6.07 Å². The van der Waals surface area contributed by atoms with Crippen molar-refractivity contribution in [3.05, 3.63) is 63.9 Å². The quantitative estimate of drug-likeness (QED) is 0.921. The summed E-state index contributed by atoms with van der Waals surface area (Å²) in [6.45, 7) is 1.78. The molecule has 0 fully saturated rings. The molecule has 2 aromatic rings. The largest absolute Gasteiger partial charge is 0.488 e. The molecule has 0 atom stereocenters. The zero-order chi connectivity index (χ0) is 13.8. The van der Waals surface area contributed by atoms with Crippen molar-refractivity contribution in [1.82, 2.24) is 0 Å². The molecule has 0 aromatic heterocycles. The van der Waals surface area contributed by atoms with E-state index in [9.17, 15) is 9.50 Å². The van der Waals surface area contributed by atoms with Gasteiger partial charge in [0.05, 0.1) is 11.6 Å². The number of halogens is 2. The van der Waals surface area contributed by atoms with Gasteiger partial charge in [-0.1, -0.05) is 35.9 Å². The lowest BCUT2D eigenvalue weighted by Crippen LogP contribution is -2.03. The molecule has 2 nitrogen and oxygen atoms in total. The number of hydrogen-bond donors (Lipinski definition) is 1. The Morgan fingerprint density at radius 3 is 2.63 bits per heavy atom. The minimum atomic E-state index is -0.397. The number of para-hydroxylation sites is 1. The van der Waals surface area contributed by atoms with Crippen LogP contribution in [0.5, 0.6) is 5.75 Å². The molecule has 4 heteroatoms. The van der Waals surface area contributed by atoms with E-state index < -0.39 is 5.82 Å². The molecular weight excluding hydrogens is 267 g/mol. The number of ether oxygens (including phenoxy) is 1. The van der Waals surface area contributed by atoms with Gasteiger partial charge in [-0.3, -0.25) is 0 Å². The highest BCUT2D eigenvalue weighted by molar-refractivity contribution is 6.31. The molecule has 1 N–H and O–H groups in total. The zero-order valence-electron chi connectivity index (χ0n) is 10.5. The molecule has 0 radical (unpaired) electrons. The van der Waals surface area contributed by atoms with Gasteiger partial charge >= 0.3 is 0 Å². The van der Waals surface area contributed by atoms with E-state index in [0.717, 1.165) is 5.56 Å². The highest BCUT2D eigenvalue weighted by Gasteiger charge is 2.10. The first-order valence-corrected chi connectivity index (χ1v) is 6.26. The first kappa shape index (κ1) is 13.8. The van der Waals surface area contributed by atoms with Crippen LogP contribution in [0, 0.1) is 12.7 Å². The number of aryl methyl sites for hydroxylation is 1. The molecule has 100 valence electrons. The van der Waals surface area contributed by atoms with Gasteiger partial charge in [0.2, 0.25) is 0 Å². The van der Waals surface area contributed by atoms with Gasteiger partial charge in [-0.25, -0.2) is 4.39 Å². The molecule has 0 amide bonds. The van der Waals surface area contributed by atoms with Gasteiger partial charge < -0.3 is 9.84 Å². The average molecular weight is 281 g/mol. The lowest BCUT2D eigenvalue weighted by molar-refractivity contribution is 0.256. The topological polar surface area (TPSA) is 29.5 Å². The maximum Gasteiger partial charge on any atom is 0.131 e. The van der Waals surface area contributed by atoms with E-state index in [4.69, 9.17) is 16.3 Å². The summed E-state index contributed by atoms with van der Waals surface area (Å²) in [5.41, 5.74) is 1.88. The lowest BCUT2D eigenvalue weighted by atomic mass is 10.1. The van der Waals surface area contributed by atoms with Crippen LogP contribution < -0.4 is 4.74 Å². The minimum absolute atomic E-state index is 0.0311. The third kappa shape index (κ3) is 3.06. The van der Waals surface area contributed by atoms with Crippen molar-refractivity contribution in [2.45, 2.75) is 20.1 Å². The summed E-state index contributed by atoms with van der Waals surface area (Å²) in [6, 6.07) is 9.99. The summed E-state index contributed by atoms with van der Waals surface area (Å²) in [5, 5.41) is 9.60. The van der Waals surface area contributed by atoms with Crippen LogP contribution in [0.4, 0.5) is 4.39 Å². The van der Waals surface area contributed by atoms with Gasteiger partial charge in [-0.15, -0.1) is 0 Å².